The van der Waals surface area contributed by atoms with Crippen LogP contribution in [0.25, 0.3) is 10.9 Å². The predicted octanol–water partition coefficient (Wildman–Crippen LogP) is 4.18. The molecule has 0 unspecified atom stereocenters. The van der Waals surface area contributed by atoms with Crippen molar-refractivity contribution in [1.82, 2.24) is 4.98 Å². The standard InChI is InChI=1S/C16H19IN2O.ClH/c1-3-20-13-6-7-19(10-13)16-8-11(2)18-15-9-12(17)4-5-14(15)16;/h4-5,8-9,13H,3,6-7,10H2,1-2H3;1H/t13-;/m0./s1. The molecule has 0 amide bonds. The number of aryl methyl sites for hydroxylation is 1. The summed E-state index contributed by atoms with van der Waals surface area (Å²) in [5, 5.41) is 1.24. The average Bonchev–Trinajstić information content (AvgIpc) is 2.86. The van der Waals surface area contributed by atoms with Gasteiger partial charge in [0.15, 0.2) is 0 Å². The second-order valence-electron chi connectivity index (χ2n) is 5.26. The van der Waals surface area contributed by atoms with E-state index in [1.165, 1.54) is 14.6 Å². The molecule has 3 rings (SSSR count). The van der Waals surface area contributed by atoms with Gasteiger partial charge in [0, 0.05) is 40.0 Å². The average molecular weight is 419 g/mol. The third-order valence-electron chi connectivity index (χ3n) is 3.77. The molecule has 21 heavy (non-hydrogen) atoms. The van der Waals surface area contributed by atoms with Gasteiger partial charge in [-0.15, -0.1) is 12.4 Å². The lowest BCUT2D eigenvalue weighted by Gasteiger charge is -2.21. The van der Waals surface area contributed by atoms with Crippen LogP contribution in [-0.4, -0.2) is 30.8 Å². The highest BCUT2D eigenvalue weighted by Crippen LogP contribution is 2.30. The van der Waals surface area contributed by atoms with Gasteiger partial charge in [0.1, 0.15) is 0 Å². The molecular formula is C16H20ClIN2O. The van der Waals surface area contributed by atoms with Gasteiger partial charge in [-0.1, -0.05) is 0 Å². The van der Waals surface area contributed by atoms with Crippen LogP contribution in [0.15, 0.2) is 24.3 Å². The summed E-state index contributed by atoms with van der Waals surface area (Å²) in [4.78, 5) is 7.10. The van der Waals surface area contributed by atoms with Crippen LogP contribution < -0.4 is 4.90 Å². The van der Waals surface area contributed by atoms with Gasteiger partial charge in [0.25, 0.3) is 0 Å². The van der Waals surface area contributed by atoms with Gasteiger partial charge >= 0.3 is 0 Å². The molecule has 3 nitrogen and oxygen atoms in total. The molecule has 1 aliphatic rings. The minimum Gasteiger partial charge on any atom is -0.377 e. The largest absolute Gasteiger partial charge is 0.377 e. The third kappa shape index (κ3) is 3.60. The van der Waals surface area contributed by atoms with Gasteiger partial charge in [-0.2, -0.15) is 0 Å². The first-order chi connectivity index (χ1) is 9.67. The molecular weight excluding hydrogens is 399 g/mol. The van der Waals surface area contributed by atoms with E-state index in [1.54, 1.807) is 0 Å². The molecule has 0 radical (unpaired) electrons. The predicted molar refractivity (Wildman–Crippen MR) is 98.7 cm³/mol. The van der Waals surface area contributed by atoms with Crippen molar-refractivity contribution in [3.05, 3.63) is 33.5 Å². The smallest absolute Gasteiger partial charge is 0.0766 e. The highest BCUT2D eigenvalue weighted by molar-refractivity contribution is 14.1. The first kappa shape index (κ1) is 16.8. The number of rotatable bonds is 3. The van der Waals surface area contributed by atoms with E-state index in [-0.39, 0.29) is 12.4 Å². The van der Waals surface area contributed by atoms with E-state index in [1.807, 2.05) is 0 Å². The Morgan fingerprint density at radius 1 is 1.38 bits per heavy atom. The van der Waals surface area contributed by atoms with E-state index < -0.39 is 0 Å². The third-order valence-corrected chi connectivity index (χ3v) is 4.44. The fraction of sp³-hybridized carbons (Fsp3) is 0.438. The van der Waals surface area contributed by atoms with Crippen molar-refractivity contribution in [2.24, 2.45) is 0 Å². The molecule has 0 aliphatic carbocycles. The molecule has 1 aliphatic heterocycles. The molecule has 1 fully saturated rings. The van der Waals surface area contributed by atoms with Gasteiger partial charge in [-0.3, -0.25) is 4.98 Å². The second kappa shape index (κ2) is 7.11. The number of hydrogen-bond acceptors (Lipinski definition) is 3. The van der Waals surface area contributed by atoms with Crippen LogP contribution in [0.5, 0.6) is 0 Å². The van der Waals surface area contributed by atoms with Crippen LogP contribution in [0.2, 0.25) is 0 Å². The number of aromatic nitrogens is 1. The van der Waals surface area contributed by atoms with E-state index in [2.05, 4.69) is 70.6 Å². The zero-order valence-corrected chi connectivity index (χ0v) is 15.3. The highest BCUT2D eigenvalue weighted by atomic mass is 127. The molecule has 1 aromatic heterocycles. The van der Waals surface area contributed by atoms with Gasteiger partial charge in [0.05, 0.1) is 11.6 Å². The van der Waals surface area contributed by atoms with Crippen molar-refractivity contribution in [1.29, 1.82) is 0 Å². The lowest BCUT2D eigenvalue weighted by atomic mass is 10.1. The minimum atomic E-state index is 0. The normalized spacial score (nSPS) is 18.0. The number of benzene rings is 1. The van der Waals surface area contributed by atoms with Crippen LogP contribution in [0.3, 0.4) is 0 Å². The Bertz CT molecular complexity index is 630. The van der Waals surface area contributed by atoms with Crippen LogP contribution in [-0.2, 0) is 4.74 Å². The fourth-order valence-electron chi connectivity index (χ4n) is 2.89. The SMILES string of the molecule is CCO[C@H]1CCN(c2cc(C)nc3cc(I)ccc23)C1.Cl. The lowest BCUT2D eigenvalue weighted by molar-refractivity contribution is 0.0788. The first-order valence-corrected chi connectivity index (χ1v) is 8.18. The second-order valence-corrected chi connectivity index (χ2v) is 6.50. The summed E-state index contributed by atoms with van der Waals surface area (Å²) in [6, 6.07) is 8.69. The van der Waals surface area contributed by atoms with Crippen LogP contribution in [0.1, 0.15) is 19.0 Å². The van der Waals surface area contributed by atoms with E-state index in [9.17, 15) is 0 Å². The summed E-state index contributed by atoms with van der Waals surface area (Å²) in [5.41, 5.74) is 3.47. The Balaban J connectivity index is 0.00000161. The minimum absolute atomic E-state index is 0. The Morgan fingerprint density at radius 3 is 2.95 bits per heavy atom. The molecule has 0 spiro atoms. The number of halogens is 2. The van der Waals surface area contributed by atoms with E-state index in [4.69, 9.17) is 4.74 Å². The maximum atomic E-state index is 5.76. The Labute approximate surface area is 145 Å². The molecule has 1 aromatic carbocycles. The summed E-state index contributed by atoms with van der Waals surface area (Å²) in [6.45, 7) is 6.98. The zero-order valence-electron chi connectivity index (χ0n) is 12.3. The number of hydrogen-bond donors (Lipinski definition) is 0. The van der Waals surface area contributed by atoms with Crippen molar-refractivity contribution in [2.45, 2.75) is 26.4 Å². The van der Waals surface area contributed by atoms with Gasteiger partial charge in [-0.25, -0.2) is 0 Å². The number of pyridine rings is 1. The topological polar surface area (TPSA) is 25.4 Å². The monoisotopic (exact) mass is 418 g/mol. The van der Waals surface area contributed by atoms with Crippen molar-refractivity contribution in [2.75, 3.05) is 24.6 Å². The van der Waals surface area contributed by atoms with Crippen molar-refractivity contribution in [3.8, 4) is 0 Å². The molecule has 5 heteroatoms. The maximum absolute atomic E-state index is 5.76. The maximum Gasteiger partial charge on any atom is 0.0766 e. The van der Waals surface area contributed by atoms with Crippen LogP contribution in [0, 0.1) is 10.5 Å². The molecule has 0 saturated carbocycles. The molecule has 1 atom stereocenters. The fourth-order valence-corrected chi connectivity index (χ4v) is 3.37. The molecule has 2 aromatic rings. The summed E-state index contributed by atoms with van der Waals surface area (Å²) >= 11 is 2.34. The summed E-state index contributed by atoms with van der Waals surface area (Å²) in [6.07, 6.45) is 1.48. The van der Waals surface area contributed by atoms with Crippen molar-refractivity contribution in [3.63, 3.8) is 0 Å². The van der Waals surface area contributed by atoms with E-state index in [0.717, 1.165) is 37.3 Å². The number of fused-ring (bicyclic) bond motifs is 1. The van der Waals surface area contributed by atoms with Gasteiger partial charge < -0.3 is 9.64 Å². The van der Waals surface area contributed by atoms with Crippen LogP contribution in [0.4, 0.5) is 5.69 Å². The van der Waals surface area contributed by atoms with E-state index in [0.29, 0.717) is 6.10 Å². The highest BCUT2D eigenvalue weighted by Gasteiger charge is 2.24. The number of anilines is 1. The van der Waals surface area contributed by atoms with Gasteiger partial charge in [0.2, 0.25) is 0 Å². The zero-order chi connectivity index (χ0) is 14.1. The summed E-state index contributed by atoms with van der Waals surface area (Å²) in [5.74, 6) is 0. The molecule has 114 valence electrons. The first-order valence-electron chi connectivity index (χ1n) is 7.11. The molecule has 2 heterocycles. The van der Waals surface area contributed by atoms with E-state index >= 15 is 0 Å². The van der Waals surface area contributed by atoms with Crippen molar-refractivity contribution < 1.29 is 4.74 Å². The number of ether oxygens (including phenoxy) is 1. The van der Waals surface area contributed by atoms with Crippen molar-refractivity contribution >= 4 is 51.6 Å². The molecule has 0 N–H and O–H groups in total. The van der Waals surface area contributed by atoms with Gasteiger partial charge in [-0.05, 0) is 67.1 Å². The molecule has 1 saturated heterocycles. The quantitative estimate of drug-likeness (QED) is 0.699. The molecule has 0 bridgehead atoms. The summed E-state index contributed by atoms with van der Waals surface area (Å²) in [7, 11) is 0. The Morgan fingerprint density at radius 2 is 2.19 bits per heavy atom. The number of nitrogens with zero attached hydrogens (tertiary/aromatic N) is 2. The summed E-state index contributed by atoms with van der Waals surface area (Å²) < 4.78 is 6.99. The lowest BCUT2D eigenvalue weighted by Crippen LogP contribution is -2.23. The Kier molecular flexibility index (Phi) is 5.68. The Hall–Kier alpha value is -0.590. The van der Waals surface area contributed by atoms with Crippen LogP contribution >= 0.6 is 35.0 Å².